The Bertz CT molecular complexity index is 1620. The number of carboxylic acids is 1. The third-order valence-electron chi connectivity index (χ3n) is 10.5. The van der Waals surface area contributed by atoms with E-state index in [0.29, 0.717) is 0 Å². The smallest absolute Gasteiger partial charge is 0.335 e. The summed E-state index contributed by atoms with van der Waals surface area (Å²) in [7, 11) is 0. The van der Waals surface area contributed by atoms with E-state index in [0.717, 1.165) is 13.8 Å². The molecule has 0 bridgehead atoms. The van der Waals surface area contributed by atoms with Crippen LogP contribution in [0.3, 0.4) is 0 Å². The van der Waals surface area contributed by atoms with Crippen LogP contribution in [0.5, 0.6) is 0 Å². The van der Waals surface area contributed by atoms with Crippen molar-refractivity contribution >= 4 is 35.5 Å². The molecule has 4 rings (SSSR count). The van der Waals surface area contributed by atoms with E-state index in [1.54, 1.807) is 0 Å². The minimum absolute atomic E-state index is 0.0166. The predicted octanol–water partition coefficient (Wildman–Crippen LogP) is -10.7. The lowest BCUT2D eigenvalue weighted by Crippen LogP contribution is -2.71. The SMILES string of the molecule is CC(=O)N[C@@H]1[C@@H](O[C@@H]2O[C@H](C(=O)O)[C@@H](O[C@@H]3O[C@H](CO)[C@@H](O)[C@H](O[C@@H]4O[C@H](C(=O)NNC(=O)CCCCC(=O)NN)[C@@H](O)[C@H](O)[C@H]4O)[C@H]3NC(C)=O)[C@H](O)[C@H]2O)[C@H](O)[C@@H](CO)O[C@H]1O. The Morgan fingerprint density at radius 3 is 1.56 bits per heavy atom. The van der Waals surface area contributed by atoms with Crippen molar-refractivity contribution in [3.63, 3.8) is 0 Å². The molecular weight excluding hydrogens is 876 g/mol. The average molecular weight is 933 g/mol. The van der Waals surface area contributed by atoms with Gasteiger partial charge in [0.05, 0.1) is 13.2 Å². The maximum atomic E-state index is 13.0. The van der Waals surface area contributed by atoms with Crippen LogP contribution in [0.1, 0.15) is 39.5 Å². The number of hydrazine groups is 2. The van der Waals surface area contributed by atoms with Gasteiger partial charge in [0.15, 0.2) is 37.4 Å². The number of hydrogen-bond donors (Lipinski definition) is 17. The highest BCUT2D eigenvalue weighted by Crippen LogP contribution is 2.34. The van der Waals surface area contributed by atoms with Crippen LogP contribution in [0.2, 0.25) is 0 Å². The van der Waals surface area contributed by atoms with Crippen LogP contribution in [-0.4, -0.2) is 228 Å². The van der Waals surface area contributed by atoms with Crippen LogP contribution in [0, 0.1) is 0 Å². The number of ether oxygens (including phenoxy) is 7. The van der Waals surface area contributed by atoms with E-state index in [2.05, 4.69) is 10.6 Å². The fourth-order valence-corrected chi connectivity index (χ4v) is 7.22. The monoisotopic (exact) mass is 932 g/mol. The summed E-state index contributed by atoms with van der Waals surface area (Å²) in [4.78, 5) is 73.5. The molecule has 4 aliphatic rings. The summed E-state index contributed by atoms with van der Waals surface area (Å²) in [5, 5.41) is 122. The van der Waals surface area contributed by atoms with E-state index in [9.17, 15) is 84.9 Å². The molecule has 64 heavy (non-hydrogen) atoms. The molecule has 0 aromatic heterocycles. The summed E-state index contributed by atoms with van der Waals surface area (Å²) < 4.78 is 38.8. The molecule has 4 aliphatic heterocycles. The molecule has 4 fully saturated rings. The minimum Gasteiger partial charge on any atom is -0.479 e. The number of aliphatic hydroxyl groups excluding tert-OH is 10. The first-order valence-electron chi connectivity index (χ1n) is 19.7. The van der Waals surface area contributed by atoms with Gasteiger partial charge in [-0.2, -0.15) is 0 Å². The van der Waals surface area contributed by atoms with Crippen LogP contribution in [-0.2, 0) is 61.9 Å². The highest BCUT2D eigenvalue weighted by atomic mass is 16.8. The maximum Gasteiger partial charge on any atom is 0.335 e. The highest BCUT2D eigenvalue weighted by Gasteiger charge is 2.57. The average Bonchev–Trinajstić information content (AvgIpc) is 3.24. The Labute approximate surface area is 361 Å². The van der Waals surface area contributed by atoms with Gasteiger partial charge < -0.3 is 100.0 Å². The Balaban J connectivity index is 1.54. The van der Waals surface area contributed by atoms with E-state index < -0.39 is 171 Å². The highest BCUT2D eigenvalue weighted by molar-refractivity contribution is 5.85. The lowest BCUT2D eigenvalue weighted by molar-refractivity contribution is -0.368. The van der Waals surface area contributed by atoms with Crippen molar-refractivity contribution in [3.05, 3.63) is 0 Å². The molecule has 0 aliphatic carbocycles. The second-order valence-electron chi connectivity index (χ2n) is 15.2. The first kappa shape index (κ1) is 52.7. The summed E-state index contributed by atoms with van der Waals surface area (Å²) in [6.07, 6.45) is -36.9. The number of hydrogen-bond acceptors (Lipinski definition) is 24. The number of carbonyl (C=O) groups is 6. The van der Waals surface area contributed by atoms with Crippen molar-refractivity contribution in [2.24, 2.45) is 5.84 Å². The summed E-state index contributed by atoms with van der Waals surface area (Å²) in [5.74, 6) is -1.06. The van der Waals surface area contributed by atoms with Crippen LogP contribution in [0.25, 0.3) is 0 Å². The Morgan fingerprint density at radius 2 is 1.03 bits per heavy atom. The maximum absolute atomic E-state index is 13.0. The number of carboxylic acid groups (broad SMARTS) is 1. The van der Waals surface area contributed by atoms with Gasteiger partial charge in [0.2, 0.25) is 23.6 Å². The molecule has 30 heteroatoms. The molecule has 0 radical (unpaired) electrons. The Kier molecular flexibility index (Phi) is 19.4. The number of nitrogens with two attached hydrogens (primary N) is 1. The second-order valence-corrected chi connectivity index (χ2v) is 15.2. The van der Waals surface area contributed by atoms with E-state index in [1.807, 2.05) is 16.3 Å². The van der Waals surface area contributed by atoms with Crippen molar-refractivity contribution < 1.29 is 118 Å². The Morgan fingerprint density at radius 1 is 0.547 bits per heavy atom. The molecule has 0 aromatic rings. The topological polar surface area (TPSA) is 476 Å². The quantitative estimate of drug-likeness (QED) is 0.0279. The van der Waals surface area contributed by atoms with Crippen LogP contribution < -0.4 is 32.8 Å². The van der Waals surface area contributed by atoms with Gasteiger partial charge in [-0.05, 0) is 12.8 Å². The Hall–Kier alpha value is -3.90. The first-order valence-corrected chi connectivity index (χ1v) is 19.7. The fraction of sp³-hybridized carbons (Fsp3) is 0.824. The van der Waals surface area contributed by atoms with Gasteiger partial charge in [-0.1, -0.05) is 0 Å². The first-order chi connectivity index (χ1) is 30.1. The van der Waals surface area contributed by atoms with Crippen LogP contribution in [0.4, 0.5) is 0 Å². The molecule has 0 unspecified atom stereocenters. The van der Waals surface area contributed by atoms with Gasteiger partial charge in [0.25, 0.3) is 5.91 Å². The molecule has 366 valence electrons. The largest absolute Gasteiger partial charge is 0.479 e. The minimum atomic E-state index is -2.34. The van der Waals surface area contributed by atoms with E-state index >= 15 is 0 Å². The van der Waals surface area contributed by atoms with Gasteiger partial charge in [-0.25, -0.2) is 10.6 Å². The number of aliphatic hydroxyl groups is 10. The van der Waals surface area contributed by atoms with Crippen molar-refractivity contribution in [2.75, 3.05) is 13.2 Å². The molecule has 0 saturated carbocycles. The van der Waals surface area contributed by atoms with Crippen LogP contribution >= 0.6 is 0 Å². The zero-order valence-electron chi connectivity index (χ0n) is 34.1. The second kappa shape index (κ2) is 23.5. The standard InChI is InChI=1S/C34H56N6O24/c1-9(43)36-15-24(17(47)11(7-41)58-31(15)57)60-34-23(53)21(51)26(28(64-34)30(55)56)62-32-16(37-10(2)44)25(18(48)12(8-42)59-32)61-33-22(52)19(49)20(50)27(63-33)29(54)40-39-14(46)6-4-3-5-13(45)38-35/h11-12,15-28,31-34,41-42,47-53,57H,3-8,35H2,1-2H3,(H,36,43)(H,37,44)(H,38,45)(H,39,46)(H,40,54)(H,55,56)/t11-,12-,15-,16-,17-,18-,19+,20+,21-,22-,23-,24-,25-,26+,27+,28+,31-,32+,33-,34-/m1/s1. The predicted molar refractivity (Wildman–Crippen MR) is 198 cm³/mol. The van der Waals surface area contributed by atoms with Gasteiger partial charge in [0.1, 0.15) is 85.3 Å². The van der Waals surface area contributed by atoms with E-state index in [-0.39, 0.29) is 25.7 Å². The van der Waals surface area contributed by atoms with Crippen molar-refractivity contribution in [2.45, 2.75) is 162 Å². The van der Waals surface area contributed by atoms with Crippen molar-refractivity contribution in [1.82, 2.24) is 26.9 Å². The van der Waals surface area contributed by atoms with E-state index in [1.165, 1.54) is 0 Å². The van der Waals surface area contributed by atoms with Crippen molar-refractivity contribution in [1.29, 1.82) is 0 Å². The molecule has 5 amide bonds. The molecule has 30 nitrogen and oxygen atoms in total. The van der Waals surface area contributed by atoms with Gasteiger partial charge in [-0.15, -0.1) is 0 Å². The molecule has 0 spiro atoms. The lowest BCUT2D eigenvalue weighted by Gasteiger charge is -2.49. The molecule has 4 heterocycles. The lowest BCUT2D eigenvalue weighted by atomic mass is 9.94. The van der Waals surface area contributed by atoms with Gasteiger partial charge >= 0.3 is 5.97 Å². The molecular formula is C34H56N6O24. The number of carbonyl (C=O) groups excluding carboxylic acids is 5. The number of aliphatic carboxylic acids is 1. The van der Waals surface area contributed by atoms with Crippen molar-refractivity contribution in [3.8, 4) is 0 Å². The summed E-state index contributed by atoms with van der Waals surface area (Å²) in [6, 6.07) is -3.45. The molecule has 20 atom stereocenters. The molecule has 4 saturated heterocycles. The molecule has 0 aromatic carbocycles. The zero-order chi connectivity index (χ0) is 47.7. The third-order valence-corrected chi connectivity index (χ3v) is 10.5. The van der Waals surface area contributed by atoms with Gasteiger partial charge in [-0.3, -0.25) is 40.3 Å². The fourth-order valence-electron chi connectivity index (χ4n) is 7.22. The summed E-state index contributed by atoms with van der Waals surface area (Å²) >= 11 is 0. The van der Waals surface area contributed by atoms with Gasteiger partial charge in [0, 0.05) is 26.7 Å². The summed E-state index contributed by atoms with van der Waals surface area (Å²) in [5.41, 5.74) is 5.92. The van der Waals surface area contributed by atoms with Crippen LogP contribution in [0.15, 0.2) is 0 Å². The number of rotatable bonds is 17. The number of nitrogens with one attached hydrogen (secondary N) is 5. The normalized spacial score (nSPS) is 40.1. The third kappa shape index (κ3) is 12.7. The van der Waals surface area contributed by atoms with E-state index in [4.69, 9.17) is 39.0 Å². The summed E-state index contributed by atoms with van der Waals surface area (Å²) in [6.45, 7) is 0.0494. The number of amides is 5. The number of unbranched alkanes of at least 4 members (excludes halogenated alkanes) is 1. The zero-order valence-corrected chi connectivity index (χ0v) is 34.1. The molecule has 18 N–H and O–H groups in total.